The number of aromatic nitrogens is 2. The number of rotatable bonds is 8. The van der Waals surface area contributed by atoms with Crippen LogP contribution in [0.15, 0.2) is 90.9 Å². The van der Waals surface area contributed by atoms with E-state index in [2.05, 4.69) is 39.2 Å². The smallest absolute Gasteiger partial charge is 0.267 e. The second-order valence-corrected chi connectivity index (χ2v) is 9.13. The van der Waals surface area contributed by atoms with Gasteiger partial charge in [0, 0.05) is 58.4 Å². The molecule has 0 aliphatic rings. The van der Waals surface area contributed by atoms with Gasteiger partial charge in [-0.1, -0.05) is 54.1 Å². The maximum Gasteiger partial charge on any atom is 0.267 e. The standard InChI is InChI=1S/C31H30N4O2/c1-3-35-20-24(26-9-5-7-11-29(26)35)18-28(34-30(36)22-14-12-21(2)13-15-22)31(37)32-17-16-23-19-33-27-10-6-4-8-25(23)27/h4-15,18-20,33H,3,16-17H2,1-2H3,(H,32,37)(H,34,36)/b28-18-. The Kier molecular flexibility index (Phi) is 6.90. The maximum absolute atomic E-state index is 13.4. The van der Waals surface area contributed by atoms with Crippen LogP contribution in [0.4, 0.5) is 0 Å². The molecule has 0 aliphatic heterocycles. The number of hydrogen-bond acceptors (Lipinski definition) is 2. The highest BCUT2D eigenvalue weighted by Gasteiger charge is 2.16. The van der Waals surface area contributed by atoms with E-state index in [1.54, 1.807) is 18.2 Å². The Morgan fingerprint density at radius 1 is 0.946 bits per heavy atom. The van der Waals surface area contributed by atoms with Gasteiger partial charge in [0.1, 0.15) is 5.70 Å². The lowest BCUT2D eigenvalue weighted by molar-refractivity contribution is -0.117. The van der Waals surface area contributed by atoms with Gasteiger partial charge >= 0.3 is 0 Å². The summed E-state index contributed by atoms with van der Waals surface area (Å²) in [6.07, 6.45) is 6.43. The highest BCUT2D eigenvalue weighted by atomic mass is 16.2. The van der Waals surface area contributed by atoms with Crippen molar-refractivity contribution in [1.29, 1.82) is 0 Å². The van der Waals surface area contributed by atoms with Crippen molar-refractivity contribution in [3.63, 3.8) is 0 Å². The number of nitrogens with zero attached hydrogens (tertiary/aromatic N) is 1. The highest BCUT2D eigenvalue weighted by Crippen LogP contribution is 2.23. The van der Waals surface area contributed by atoms with Crippen molar-refractivity contribution in [3.05, 3.63) is 113 Å². The van der Waals surface area contributed by atoms with E-state index in [1.807, 2.05) is 67.8 Å². The van der Waals surface area contributed by atoms with Gasteiger partial charge < -0.3 is 20.2 Å². The summed E-state index contributed by atoms with van der Waals surface area (Å²) in [6, 6.07) is 23.5. The van der Waals surface area contributed by atoms with Crippen molar-refractivity contribution in [2.75, 3.05) is 6.54 Å². The Hall–Kier alpha value is -4.58. The lowest BCUT2D eigenvalue weighted by Crippen LogP contribution is -2.35. The first-order valence-corrected chi connectivity index (χ1v) is 12.5. The number of fused-ring (bicyclic) bond motifs is 2. The van der Waals surface area contributed by atoms with E-state index in [0.29, 0.717) is 18.5 Å². The van der Waals surface area contributed by atoms with Crippen molar-refractivity contribution in [2.45, 2.75) is 26.8 Å². The molecule has 2 amide bonds. The second kappa shape index (κ2) is 10.6. The van der Waals surface area contributed by atoms with E-state index in [1.165, 1.54) is 0 Å². The summed E-state index contributed by atoms with van der Waals surface area (Å²) in [5.74, 6) is -0.647. The Labute approximate surface area is 216 Å². The molecular formula is C31H30N4O2. The van der Waals surface area contributed by atoms with Crippen molar-refractivity contribution in [3.8, 4) is 0 Å². The number of para-hydroxylation sites is 2. The summed E-state index contributed by atoms with van der Waals surface area (Å²) in [5.41, 5.74) is 5.94. The third-order valence-electron chi connectivity index (χ3n) is 6.62. The van der Waals surface area contributed by atoms with Crippen LogP contribution in [0.5, 0.6) is 0 Å². The normalized spacial score (nSPS) is 11.7. The van der Waals surface area contributed by atoms with Crippen LogP contribution in [0, 0.1) is 6.92 Å². The summed E-state index contributed by atoms with van der Waals surface area (Å²) in [4.78, 5) is 29.7. The monoisotopic (exact) mass is 490 g/mol. The van der Waals surface area contributed by atoms with Crippen LogP contribution < -0.4 is 10.6 Å². The molecule has 2 heterocycles. The van der Waals surface area contributed by atoms with Gasteiger partial charge in [-0.15, -0.1) is 0 Å². The molecular weight excluding hydrogens is 460 g/mol. The molecule has 0 bridgehead atoms. The van der Waals surface area contributed by atoms with E-state index in [-0.39, 0.29) is 17.5 Å². The molecule has 37 heavy (non-hydrogen) atoms. The molecule has 3 aromatic carbocycles. The molecule has 5 rings (SSSR count). The fraction of sp³-hybridized carbons (Fsp3) is 0.161. The zero-order chi connectivity index (χ0) is 25.8. The molecule has 0 aliphatic carbocycles. The average molecular weight is 491 g/mol. The van der Waals surface area contributed by atoms with Crippen LogP contribution in [0.2, 0.25) is 0 Å². The van der Waals surface area contributed by atoms with Gasteiger partial charge in [-0.3, -0.25) is 9.59 Å². The molecule has 0 spiro atoms. The number of amides is 2. The van der Waals surface area contributed by atoms with Gasteiger partial charge in [-0.2, -0.15) is 0 Å². The molecule has 6 heteroatoms. The van der Waals surface area contributed by atoms with E-state index >= 15 is 0 Å². The molecule has 0 radical (unpaired) electrons. The zero-order valence-electron chi connectivity index (χ0n) is 21.0. The number of aryl methyl sites for hydroxylation is 2. The highest BCUT2D eigenvalue weighted by molar-refractivity contribution is 6.06. The molecule has 5 aromatic rings. The van der Waals surface area contributed by atoms with Gasteiger partial charge in [0.05, 0.1) is 0 Å². The summed E-state index contributed by atoms with van der Waals surface area (Å²) in [6.45, 7) is 5.29. The van der Waals surface area contributed by atoms with Crippen LogP contribution in [0.3, 0.4) is 0 Å². The third-order valence-corrected chi connectivity index (χ3v) is 6.62. The van der Waals surface area contributed by atoms with Gasteiger partial charge in [-0.25, -0.2) is 0 Å². The topological polar surface area (TPSA) is 78.9 Å². The van der Waals surface area contributed by atoms with Crippen molar-refractivity contribution >= 4 is 39.7 Å². The van der Waals surface area contributed by atoms with Gasteiger partial charge in [-0.05, 0) is 56.2 Å². The van der Waals surface area contributed by atoms with Crippen LogP contribution >= 0.6 is 0 Å². The van der Waals surface area contributed by atoms with Crippen molar-refractivity contribution < 1.29 is 9.59 Å². The maximum atomic E-state index is 13.4. The summed E-state index contributed by atoms with van der Waals surface area (Å²) in [5, 5.41) is 8.03. The minimum Gasteiger partial charge on any atom is -0.361 e. The van der Waals surface area contributed by atoms with Crippen LogP contribution in [-0.4, -0.2) is 27.9 Å². The SMILES string of the molecule is CCn1cc(/C=C(\NC(=O)c2ccc(C)cc2)C(=O)NCCc2c[nH]c3ccccc23)c2ccccc21. The predicted octanol–water partition coefficient (Wildman–Crippen LogP) is 5.58. The Morgan fingerprint density at radius 3 is 2.46 bits per heavy atom. The Bertz CT molecular complexity index is 1610. The molecule has 6 nitrogen and oxygen atoms in total. The minimum atomic E-state index is -0.325. The predicted molar refractivity (Wildman–Crippen MR) is 149 cm³/mol. The minimum absolute atomic E-state index is 0.212. The van der Waals surface area contributed by atoms with Gasteiger partial charge in [0.2, 0.25) is 0 Å². The molecule has 0 saturated carbocycles. The van der Waals surface area contributed by atoms with Gasteiger partial charge in [0.25, 0.3) is 11.8 Å². The summed E-state index contributed by atoms with van der Waals surface area (Å²) < 4.78 is 2.13. The first kappa shape index (κ1) is 24.1. The fourth-order valence-electron chi connectivity index (χ4n) is 4.61. The number of nitrogens with one attached hydrogen (secondary N) is 3. The average Bonchev–Trinajstić information content (AvgIpc) is 3.50. The summed E-state index contributed by atoms with van der Waals surface area (Å²) >= 11 is 0. The lowest BCUT2D eigenvalue weighted by atomic mass is 10.1. The number of benzene rings is 3. The van der Waals surface area contributed by atoms with Crippen molar-refractivity contribution in [1.82, 2.24) is 20.2 Å². The quantitative estimate of drug-likeness (QED) is 0.248. The summed E-state index contributed by atoms with van der Waals surface area (Å²) in [7, 11) is 0. The lowest BCUT2D eigenvalue weighted by Gasteiger charge is -2.11. The first-order chi connectivity index (χ1) is 18.0. The third kappa shape index (κ3) is 5.19. The van der Waals surface area contributed by atoms with E-state index in [9.17, 15) is 9.59 Å². The fourth-order valence-corrected chi connectivity index (χ4v) is 4.61. The first-order valence-electron chi connectivity index (χ1n) is 12.5. The number of H-pyrrole nitrogens is 1. The van der Waals surface area contributed by atoms with Crippen LogP contribution in [0.25, 0.3) is 27.9 Å². The molecule has 3 N–H and O–H groups in total. The largest absolute Gasteiger partial charge is 0.361 e. The number of hydrogen-bond donors (Lipinski definition) is 3. The number of aromatic amines is 1. The molecule has 2 aromatic heterocycles. The molecule has 0 saturated heterocycles. The molecule has 0 unspecified atom stereocenters. The van der Waals surface area contributed by atoms with Crippen LogP contribution in [-0.2, 0) is 17.8 Å². The van der Waals surface area contributed by atoms with Crippen molar-refractivity contribution in [2.24, 2.45) is 0 Å². The van der Waals surface area contributed by atoms with E-state index in [0.717, 1.165) is 45.0 Å². The Morgan fingerprint density at radius 2 is 1.68 bits per heavy atom. The molecule has 186 valence electrons. The second-order valence-electron chi connectivity index (χ2n) is 9.13. The van der Waals surface area contributed by atoms with E-state index in [4.69, 9.17) is 0 Å². The Balaban J connectivity index is 1.41. The molecule has 0 fully saturated rings. The number of carbonyl (C=O) groups is 2. The van der Waals surface area contributed by atoms with Gasteiger partial charge in [0.15, 0.2) is 0 Å². The zero-order valence-corrected chi connectivity index (χ0v) is 21.0. The van der Waals surface area contributed by atoms with E-state index < -0.39 is 0 Å². The molecule has 0 atom stereocenters. The number of carbonyl (C=O) groups excluding carboxylic acids is 2. The van der Waals surface area contributed by atoms with Crippen LogP contribution in [0.1, 0.15) is 34.0 Å².